The van der Waals surface area contributed by atoms with E-state index in [2.05, 4.69) is 33.4 Å². The maximum absolute atomic E-state index is 11.1. The van der Waals surface area contributed by atoms with Crippen molar-refractivity contribution < 1.29 is 9.53 Å². The predicted molar refractivity (Wildman–Crippen MR) is 110 cm³/mol. The molecule has 1 atom stereocenters. The Morgan fingerprint density at radius 1 is 1.48 bits per heavy atom. The fourth-order valence-corrected chi connectivity index (χ4v) is 4.12. The summed E-state index contributed by atoms with van der Waals surface area (Å²) in [7, 11) is 0. The van der Waals surface area contributed by atoms with Gasteiger partial charge in [-0.15, -0.1) is 0 Å². The molecule has 1 saturated carbocycles. The second-order valence-electron chi connectivity index (χ2n) is 7.34. The first-order chi connectivity index (χ1) is 13.1. The highest BCUT2D eigenvalue weighted by Crippen LogP contribution is 2.39. The number of hydrogen-bond acceptors (Lipinski definition) is 5. The normalized spacial score (nSPS) is 17.2. The van der Waals surface area contributed by atoms with E-state index in [1.807, 2.05) is 25.3 Å². The minimum Gasteiger partial charge on any atom is -0.493 e. The minimum atomic E-state index is -0.0219. The van der Waals surface area contributed by atoms with Gasteiger partial charge >= 0.3 is 0 Å². The molecule has 2 heterocycles. The second-order valence-corrected chi connectivity index (χ2v) is 8.38. The number of thiazole rings is 1. The van der Waals surface area contributed by atoms with Crippen LogP contribution in [0.25, 0.3) is 6.08 Å². The van der Waals surface area contributed by atoms with Crippen LogP contribution >= 0.6 is 11.3 Å². The smallest absolute Gasteiger partial charge is 0.217 e. The van der Waals surface area contributed by atoms with Crippen molar-refractivity contribution in [3.05, 3.63) is 40.9 Å². The van der Waals surface area contributed by atoms with Crippen LogP contribution in [0.2, 0.25) is 0 Å². The molecule has 1 fully saturated rings. The van der Waals surface area contributed by atoms with Crippen LogP contribution in [0.5, 0.6) is 5.75 Å². The number of amides is 1. The van der Waals surface area contributed by atoms with Gasteiger partial charge in [-0.1, -0.05) is 17.4 Å². The number of fused-ring (bicyclic) bond motifs is 1. The number of rotatable bonds is 7. The lowest BCUT2D eigenvalue weighted by Crippen LogP contribution is -2.28. The lowest BCUT2D eigenvalue weighted by atomic mass is 10.1. The van der Waals surface area contributed by atoms with E-state index in [-0.39, 0.29) is 11.9 Å². The Kier molecular flexibility index (Phi) is 5.16. The molecule has 1 amide bonds. The summed E-state index contributed by atoms with van der Waals surface area (Å²) in [4.78, 5) is 19.1. The van der Waals surface area contributed by atoms with E-state index in [1.54, 1.807) is 11.3 Å². The molecule has 4 rings (SSSR count). The number of benzene rings is 1. The Balaban J connectivity index is 1.42. The summed E-state index contributed by atoms with van der Waals surface area (Å²) in [6, 6.07) is 6.42. The standard InChI is InChI=1S/C21H25N3O2S/c1-14(23-15(2)25)3-7-19-12-22-21(27-19)24-10-9-17-11-18(6-8-20(17)24)26-13-16-4-5-16/h3,6-8,11-12,14,16H,4-5,9-10,13H2,1-2H3,(H,23,25)/b7-3+/t14-/m0/s1. The maximum Gasteiger partial charge on any atom is 0.217 e. The summed E-state index contributed by atoms with van der Waals surface area (Å²) in [5, 5.41) is 3.86. The molecule has 0 bridgehead atoms. The molecule has 0 unspecified atom stereocenters. The highest BCUT2D eigenvalue weighted by atomic mass is 32.1. The molecule has 1 aromatic heterocycles. The zero-order valence-corrected chi connectivity index (χ0v) is 16.6. The van der Waals surface area contributed by atoms with Crippen molar-refractivity contribution in [2.75, 3.05) is 18.1 Å². The van der Waals surface area contributed by atoms with E-state index < -0.39 is 0 Å². The average Bonchev–Trinajstić information content (AvgIpc) is 3.19. The molecule has 1 aliphatic carbocycles. The first-order valence-corrected chi connectivity index (χ1v) is 10.3. The molecule has 142 valence electrons. The quantitative estimate of drug-likeness (QED) is 0.780. The molecule has 0 saturated heterocycles. The van der Waals surface area contributed by atoms with Crippen LogP contribution in [0.1, 0.15) is 37.1 Å². The number of anilines is 2. The van der Waals surface area contributed by atoms with E-state index >= 15 is 0 Å². The van der Waals surface area contributed by atoms with Crippen LogP contribution < -0.4 is 15.0 Å². The molecule has 5 nitrogen and oxygen atoms in total. The minimum absolute atomic E-state index is 0.00891. The SMILES string of the molecule is CC(=O)N[C@@H](C)/C=C/c1cnc(N2CCc3cc(OCC4CC4)ccc32)s1. The molecular weight excluding hydrogens is 358 g/mol. The summed E-state index contributed by atoms with van der Waals surface area (Å²) in [6.45, 7) is 5.28. The van der Waals surface area contributed by atoms with Gasteiger partial charge < -0.3 is 15.0 Å². The monoisotopic (exact) mass is 383 g/mol. The van der Waals surface area contributed by atoms with Crippen LogP contribution in [-0.2, 0) is 11.2 Å². The van der Waals surface area contributed by atoms with E-state index in [0.717, 1.165) is 41.2 Å². The molecule has 27 heavy (non-hydrogen) atoms. The van der Waals surface area contributed by atoms with Crippen LogP contribution in [0, 0.1) is 5.92 Å². The Labute approximate surface area is 164 Å². The summed E-state index contributed by atoms with van der Waals surface area (Å²) >= 11 is 1.67. The summed E-state index contributed by atoms with van der Waals surface area (Å²) in [5.41, 5.74) is 2.56. The molecule has 0 spiro atoms. The second kappa shape index (κ2) is 7.72. The van der Waals surface area contributed by atoms with Gasteiger partial charge in [-0.2, -0.15) is 0 Å². The third kappa shape index (κ3) is 4.50. The van der Waals surface area contributed by atoms with Gasteiger partial charge in [-0.3, -0.25) is 4.79 Å². The molecular formula is C21H25N3O2S. The van der Waals surface area contributed by atoms with Gasteiger partial charge in [-0.05, 0) is 61.9 Å². The molecule has 1 aromatic carbocycles. The summed E-state index contributed by atoms with van der Waals surface area (Å²) in [6.07, 6.45) is 9.53. The lowest BCUT2D eigenvalue weighted by molar-refractivity contribution is -0.119. The number of nitrogens with one attached hydrogen (secondary N) is 1. The fraction of sp³-hybridized carbons (Fsp3) is 0.429. The molecule has 1 aliphatic heterocycles. The van der Waals surface area contributed by atoms with Crippen molar-refractivity contribution in [1.82, 2.24) is 10.3 Å². The molecule has 6 heteroatoms. The topological polar surface area (TPSA) is 54.5 Å². The highest BCUT2D eigenvalue weighted by molar-refractivity contribution is 7.16. The zero-order chi connectivity index (χ0) is 18.8. The van der Waals surface area contributed by atoms with Gasteiger partial charge in [0, 0.05) is 36.3 Å². The van der Waals surface area contributed by atoms with E-state index in [0.29, 0.717) is 0 Å². The van der Waals surface area contributed by atoms with Crippen molar-refractivity contribution in [3.63, 3.8) is 0 Å². The van der Waals surface area contributed by atoms with E-state index in [9.17, 15) is 4.79 Å². The number of carbonyl (C=O) groups excluding carboxylic acids is 1. The maximum atomic E-state index is 11.1. The molecule has 1 N–H and O–H groups in total. The van der Waals surface area contributed by atoms with E-state index in [4.69, 9.17) is 4.74 Å². The van der Waals surface area contributed by atoms with Crippen molar-refractivity contribution in [2.45, 2.75) is 39.2 Å². The van der Waals surface area contributed by atoms with Gasteiger partial charge in [0.05, 0.1) is 6.61 Å². The predicted octanol–water partition coefficient (Wildman–Crippen LogP) is 4.16. The zero-order valence-electron chi connectivity index (χ0n) is 15.8. The number of hydrogen-bond donors (Lipinski definition) is 1. The first kappa shape index (κ1) is 18.0. The Bertz CT molecular complexity index is 857. The van der Waals surface area contributed by atoms with Crippen LogP contribution in [0.3, 0.4) is 0 Å². The number of nitrogens with zero attached hydrogens (tertiary/aromatic N) is 2. The van der Waals surface area contributed by atoms with Gasteiger partial charge in [0.2, 0.25) is 5.91 Å². The number of aromatic nitrogens is 1. The molecule has 0 radical (unpaired) electrons. The van der Waals surface area contributed by atoms with Crippen molar-refractivity contribution >= 4 is 34.1 Å². The Hall–Kier alpha value is -2.34. The number of ether oxygens (including phenoxy) is 1. The van der Waals surface area contributed by atoms with Crippen molar-refractivity contribution in [2.24, 2.45) is 5.92 Å². The summed E-state index contributed by atoms with van der Waals surface area (Å²) < 4.78 is 5.91. The largest absolute Gasteiger partial charge is 0.493 e. The van der Waals surface area contributed by atoms with Gasteiger partial charge in [0.25, 0.3) is 0 Å². The van der Waals surface area contributed by atoms with E-state index in [1.165, 1.54) is 31.0 Å². The Morgan fingerprint density at radius 2 is 2.33 bits per heavy atom. The van der Waals surface area contributed by atoms with Crippen molar-refractivity contribution in [1.29, 1.82) is 0 Å². The highest BCUT2D eigenvalue weighted by Gasteiger charge is 2.24. The number of carbonyl (C=O) groups is 1. The fourth-order valence-electron chi connectivity index (χ4n) is 3.25. The third-order valence-electron chi connectivity index (χ3n) is 4.85. The van der Waals surface area contributed by atoms with Crippen LogP contribution in [0.15, 0.2) is 30.5 Å². The van der Waals surface area contributed by atoms with Crippen LogP contribution in [-0.4, -0.2) is 30.1 Å². The Morgan fingerprint density at radius 3 is 3.11 bits per heavy atom. The first-order valence-electron chi connectivity index (χ1n) is 9.53. The third-order valence-corrected chi connectivity index (χ3v) is 5.84. The lowest BCUT2D eigenvalue weighted by Gasteiger charge is -2.16. The summed E-state index contributed by atoms with van der Waals surface area (Å²) in [5.74, 6) is 1.73. The molecule has 2 aromatic rings. The van der Waals surface area contributed by atoms with Crippen molar-refractivity contribution in [3.8, 4) is 5.75 Å². The van der Waals surface area contributed by atoms with Gasteiger partial charge in [0.1, 0.15) is 5.75 Å². The van der Waals surface area contributed by atoms with Gasteiger partial charge in [-0.25, -0.2) is 4.98 Å². The van der Waals surface area contributed by atoms with Gasteiger partial charge in [0.15, 0.2) is 5.13 Å². The molecule has 2 aliphatic rings. The average molecular weight is 384 g/mol. The van der Waals surface area contributed by atoms with Crippen LogP contribution in [0.4, 0.5) is 10.8 Å².